The highest BCUT2D eigenvalue weighted by atomic mass is 35.5. The number of halogens is 5. The lowest BCUT2D eigenvalue weighted by Gasteiger charge is -2.13. The Morgan fingerprint density at radius 3 is 0.899 bits per heavy atom. The molecule has 28 heteroatoms. The summed E-state index contributed by atoms with van der Waals surface area (Å²) >= 11 is 19.1. The highest BCUT2D eigenvalue weighted by Crippen LogP contribution is 2.32. The molecule has 10 N–H and O–H groups in total. The van der Waals surface area contributed by atoms with E-state index < -0.39 is 33.4 Å². The van der Waals surface area contributed by atoms with E-state index in [1.165, 1.54) is 134 Å². The van der Waals surface area contributed by atoms with Crippen molar-refractivity contribution in [1.82, 2.24) is 29.9 Å². The zero-order chi connectivity index (χ0) is 79.1. The van der Waals surface area contributed by atoms with Crippen LogP contribution in [0.3, 0.4) is 0 Å². The molecule has 604 valence electrons. The number of rotatable bonds is 30. The summed E-state index contributed by atoms with van der Waals surface area (Å²) in [5.41, 5.74) is -3.35. The van der Waals surface area contributed by atoms with E-state index in [0.717, 1.165) is 0 Å². The predicted octanol–water partition coefficient (Wildman–Crippen LogP) is 13.1. The van der Waals surface area contributed by atoms with Crippen LogP contribution < -0.4 is 93.7 Å². The monoisotopic (exact) mass is 1620 g/mol. The third kappa shape index (κ3) is 33.1. The van der Waals surface area contributed by atoms with Gasteiger partial charge in [-0.15, -0.1) is 46.4 Å². The highest BCUT2D eigenvalue weighted by molar-refractivity contribution is 6.41. The van der Waals surface area contributed by atoms with Crippen LogP contribution in [-0.2, 0) is 0 Å². The van der Waals surface area contributed by atoms with Gasteiger partial charge in [-0.2, -0.15) is 0 Å². The van der Waals surface area contributed by atoms with Crippen molar-refractivity contribution in [3.8, 4) is 51.7 Å². The van der Waals surface area contributed by atoms with E-state index in [-0.39, 0.29) is 208 Å². The lowest BCUT2D eigenvalue weighted by molar-refractivity contribution is -0.655. The normalized spacial score (nSPS) is 10.7. The Kier molecular flexibility index (Phi) is 46.2. The Morgan fingerprint density at radius 2 is 0.615 bits per heavy atom. The summed E-state index contributed by atoms with van der Waals surface area (Å²) < 4.78 is 54.5. The van der Waals surface area contributed by atoms with Gasteiger partial charge in [0.1, 0.15) is 51.7 Å². The van der Waals surface area contributed by atoms with Crippen molar-refractivity contribution in [2.45, 2.75) is 141 Å². The molecule has 0 saturated heterocycles. The first-order chi connectivity index (χ1) is 51.2. The van der Waals surface area contributed by atoms with Crippen molar-refractivity contribution in [1.29, 1.82) is 0 Å². The number of quaternary nitrogens is 1. The second kappa shape index (κ2) is 52.0. The zero-order valence-electron chi connectivity index (χ0n) is 65.9. The second-order valence-corrected chi connectivity index (χ2v) is 28.8. The van der Waals surface area contributed by atoms with Crippen molar-refractivity contribution in [3.05, 3.63) is 153 Å². The molecule has 0 radical (unpaired) electrons. The van der Waals surface area contributed by atoms with Crippen molar-refractivity contribution >= 4 is 112 Å². The zero-order valence-corrected chi connectivity index (χ0v) is 69.6. The quantitative estimate of drug-likeness (QED) is 0.0163. The Balaban J connectivity index is 0.00000216. The number of fused-ring (bicyclic) bond motifs is 12. The average Bonchev–Trinajstić information content (AvgIpc) is 0.798. The van der Waals surface area contributed by atoms with Crippen LogP contribution in [0.5, 0.6) is 51.7 Å². The lowest BCUT2D eigenvalue weighted by atomic mass is 10.1. The first-order valence-electron chi connectivity index (χ1n) is 36.4. The van der Waals surface area contributed by atoms with Gasteiger partial charge in [-0.3, -0.25) is 28.8 Å². The van der Waals surface area contributed by atoms with Gasteiger partial charge in [0.25, 0.3) is 33.4 Å². The smallest absolute Gasteiger partial charge is 0.259 e. The van der Waals surface area contributed by atoms with Crippen LogP contribution in [0.2, 0.25) is 0 Å². The number of aromatic nitrogens is 6. The van der Waals surface area contributed by atoms with E-state index in [2.05, 4.69) is 49.1 Å². The van der Waals surface area contributed by atoms with Crippen LogP contribution in [-0.4, -0.2) is 121 Å². The number of benzene rings is 6. The Morgan fingerprint density at radius 1 is 0.339 bits per heavy atom. The number of hydrogen-bond donors (Lipinski definition) is 7. The van der Waals surface area contributed by atoms with E-state index in [0.29, 0.717) is 32.1 Å². The standard InChI is InChI=1S/C71H88N6O15.C8H19N.2CH2Cl2.ClH.H2O/c1-40(2)19-24-88-49-30-45-29-46(31-49)67(79)73-48-16-18-59(90-26-21-42(5)6)51(33-48)69(81)75-55-36-57(65(87-14)39-63(55)85-12)77-71(83)53-34-52(60(91-27-22-43(7)8)37-61(53)92-28-23-44(9)10)70(82)76-56-35-54(62(84-11)38-64(56)86-13)74-68(80)50-32-47(72-66(45)78)15-17-58(50)89-25-20-41(3)4;1-3-5-7-9-8-6-4-2;2*2-1-3;;/h15-18,29-44H,19-28H2,1-14H3,(H,72,78)(H,73,79)(H,74,80)(H,75,81)(H,76,82)(H,77,83);9H,3-8H2,1-2H3;2*1H2;1H;1H2. The van der Waals surface area contributed by atoms with Crippen molar-refractivity contribution in [2.24, 2.45) is 29.6 Å². The summed E-state index contributed by atoms with van der Waals surface area (Å²) in [6.07, 6.45) is 8.68. The summed E-state index contributed by atoms with van der Waals surface area (Å²) in [7, 11) is 5.61. The summed E-state index contributed by atoms with van der Waals surface area (Å²) in [4.78, 5) is 106. The number of H-pyrrole nitrogens is 6. The topological polar surface area (TPSA) is 328 Å². The summed E-state index contributed by atoms with van der Waals surface area (Å²) in [5, 5.41) is 2.82. The molecule has 0 unspecified atom stereocenters. The molecule has 12 bridgehead atoms. The van der Waals surface area contributed by atoms with Gasteiger partial charge in [-0.1, -0.05) is 95.9 Å². The minimum Gasteiger partial charge on any atom is -1.00 e. The van der Waals surface area contributed by atoms with E-state index in [1.807, 2.05) is 69.2 Å². The molecule has 7 aromatic rings. The highest BCUT2D eigenvalue weighted by Gasteiger charge is 2.16. The van der Waals surface area contributed by atoms with E-state index in [1.54, 1.807) is 24.3 Å². The summed E-state index contributed by atoms with van der Waals surface area (Å²) in [6, 6.07) is 22.5. The third-order valence-electron chi connectivity index (χ3n) is 16.3. The molecule has 1 aromatic heterocycles. The fourth-order valence-electron chi connectivity index (χ4n) is 10.1. The number of aromatic amines is 6. The number of hydrogen-bond acceptors (Lipinski definition) is 15. The molecule has 23 nitrogen and oxygen atoms in total. The van der Waals surface area contributed by atoms with Crippen LogP contribution in [0, 0.1) is 29.6 Å². The van der Waals surface area contributed by atoms with Gasteiger partial charge in [0.15, 0.2) is 0 Å². The fourth-order valence-corrected chi connectivity index (χ4v) is 10.1. The molecule has 6 aromatic carbocycles. The van der Waals surface area contributed by atoms with Gasteiger partial charge in [0.2, 0.25) is 0 Å². The molecule has 0 spiro atoms. The molecule has 0 aliphatic carbocycles. The van der Waals surface area contributed by atoms with Gasteiger partial charge < -0.3 is 95.7 Å². The van der Waals surface area contributed by atoms with Crippen LogP contribution >= 0.6 is 46.4 Å². The lowest BCUT2D eigenvalue weighted by Crippen LogP contribution is -3.00. The largest absolute Gasteiger partial charge is 1.00 e. The molecule has 0 amide bonds. The molecule has 0 aliphatic rings. The Bertz CT molecular complexity index is 4430. The fraction of sp³-hybridized carbons (Fsp3) is 0.481. The van der Waals surface area contributed by atoms with Crippen LogP contribution in [0.1, 0.15) is 141 Å². The molecular weight excluding hydrogens is 1500 g/mol. The maximum atomic E-state index is 15.1. The average molecular weight is 1620 g/mol. The second-order valence-electron chi connectivity index (χ2n) is 27.2. The number of nitrogens with one attached hydrogen (secondary N) is 6. The molecule has 0 saturated carbocycles. The van der Waals surface area contributed by atoms with E-state index in [4.69, 9.17) is 89.0 Å². The minimum absolute atomic E-state index is 0. The van der Waals surface area contributed by atoms with E-state index in [9.17, 15) is 19.2 Å². The Labute approximate surface area is 664 Å². The Hall–Kier alpha value is -8.29. The summed E-state index contributed by atoms with van der Waals surface area (Å²) in [6.45, 7) is 28.8. The van der Waals surface area contributed by atoms with Gasteiger partial charge in [-0.25, -0.2) is 0 Å². The molecule has 0 aliphatic heterocycles. The summed E-state index contributed by atoms with van der Waals surface area (Å²) in [5.74, 6) is 2.74. The van der Waals surface area contributed by atoms with Crippen molar-refractivity contribution in [2.75, 3.05) is 85.2 Å². The number of unbranched alkanes of at least 4 members (excludes halogenated alkanes) is 2. The number of ether oxygens (including phenoxy) is 9. The van der Waals surface area contributed by atoms with Gasteiger partial charge >= 0.3 is 0 Å². The SMILES string of the molecule is CCCC[NH2+]CCCC.COc1cc(OC)c2cc1[nH]c(=O)c1cc(ccc1OCCC(C)C)[nH]c(=O)c1cc(OCCC(C)C)cc(c1)c(=O)[nH]c1ccc(OCCC(C)C)c(c1)c(=O)[nH]c1cc([nH]c(=O)c3cc(c(OCCC(C)C)cc3OCCC(C)C)c(=O)[nH]2)c(OC)cc1OC.ClCCl.ClCCl.O.[Cl-]. The van der Waals surface area contributed by atoms with Gasteiger partial charge in [0, 0.05) is 40.0 Å². The molecule has 7 rings (SSSR count). The number of methoxy groups -OCH3 is 4. The van der Waals surface area contributed by atoms with Crippen LogP contribution in [0.25, 0.3) is 65.4 Å². The molecule has 109 heavy (non-hydrogen) atoms. The predicted molar refractivity (Wildman–Crippen MR) is 444 cm³/mol. The molecule has 0 atom stereocenters. The number of nitrogens with two attached hydrogens (primary N) is 1. The first-order valence-corrected chi connectivity index (χ1v) is 38.6. The third-order valence-corrected chi connectivity index (χ3v) is 16.3. The maximum Gasteiger partial charge on any atom is 0.259 e. The van der Waals surface area contributed by atoms with Crippen LogP contribution in [0.4, 0.5) is 0 Å². The molecule has 0 fully saturated rings. The first kappa shape index (κ1) is 96.8. The maximum absolute atomic E-state index is 15.1. The van der Waals surface area contributed by atoms with Crippen LogP contribution in [0.15, 0.2) is 120 Å². The minimum atomic E-state index is -0.736. The van der Waals surface area contributed by atoms with Crippen molar-refractivity contribution in [3.63, 3.8) is 0 Å². The molecule has 1 heterocycles. The van der Waals surface area contributed by atoms with E-state index >= 15 is 9.59 Å². The molecular formula is C81H114Cl5N7O16. The van der Waals surface area contributed by atoms with Gasteiger partial charge in [0.05, 0.1) is 129 Å². The van der Waals surface area contributed by atoms with Crippen molar-refractivity contribution < 1.29 is 65.8 Å². The van der Waals surface area contributed by atoms with Gasteiger partial charge in [-0.05, 0) is 147 Å². The number of alkyl halides is 4.